The van der Waals surface area contributed by atoms with Gasteiger partial charge in [0.05, 0.1) is 12.7 Å². The molecule has 0 saturated heterocycles. The van der Waals surface area contributed by atoms with Crippen molar-refractivity contribution in [2.45, 2.75) is 52.6 Å². The molecule has 0 spiro atoms. The molecule has 1 aliphatic rings. The lowest BCUT2D eigenvalue weighted by molar-refractivity contribution is -0.0353. The Labute approximate surface area is 94.1 Å². The summed E-state index contributed by atoms with van der Waals surface area (Å²) in [5.74, 6) is 0. The van der Waals surface area contributed by atoms with Crippen molar-refractivity contribution in [1.29, 1.82) is 0 Å². The molecule has 2 atom stereocenters. The van der Waals surface area contributed by atoms with Crippen molar-refractivity contribution in [3.05, 3.63) is 11.1 Å². The predicted molar refractivity (Wildman–Crippen MR) is 62.9 cm³/mol. The number of ether oxygens (including phenoxy) is 1. The molecule has 0 saturated carbocycles. The second-order valence-corrected chi connectivity index (χ2v) is 5.06. The molecule has 0 fully saturated rings. The van der Waals surface area contributed by atoms with Crippen LogP contribution in [0.4, 0.5) is 0 Å². The van der Waals surface area contributed by atoms with E-state index < -0.39 is 0 Å². The Hall–Kier alpha value is -0.275. The summed E-state index contributed by atoms with van der Waals surface area (Å²) in [5.41, 5.74) is 2.23. The summed E-state index contributed by atoms with van der Waals surface area (Å²) in [7, 11) is 5.85. The second-order valence-electron chi connectivity index (χ2n) is 5.06. The van der Waals surface area contributed by atoms with Crippen LogP contribution in [0.2, 0.25) is 0 Å². The minimum Gasteiger partial charge on any atom is -0.392 e. The van der Waals surface area contributed by atoms with E-state index in [0.717, 1.165) is 18.4 Å². The molecule has 2 radical (unpaired) electrons. The molecule has 1 aliphatic heterocycles. The highest BCUT2D eigenvalue weighted by molar-refractivity contribution is 6.11. The Morgan fingerprint density at radius 2 is 2.13 bits per heavy atom. The van der Waals surface area contributed by atoms with Crippen LogP contribution in [0.5, 0.6) is 0 Å². The Bertz CT molecular complexity index is 258. The van der Waals surface area contributed by atoms with E-state index in [1.54, 1.807) is 0 Å². The molecule has 1 N–H and O–H groups in total. The normalized spacial score (nSPS) is 28.3. The average molecular weight is 208 g/mol. The number of rotatable bonds is 3. The third kappa shape index (κ3) is 2.64. The molecule has 1 rings (SSSR count). The summed E-state index contributed by atoms with van der Waals surface area (Å²) >= 11 is 0. The lowest BCUT2D eigenvalue weighted by Crippen LogP contribution is -2.41. The standard InChI is InChI=1S/C12H21BO2/c1-5-12(3,4)11-9(7-14)8(2)6-10(13)15-11/h10-11,14H,5-7H2,1-4H3/t10-,11?/m1/s1. The van der Waals surface area contributed by atoms with Gasteiger partial charge in [0, 0.05) is 6.00 Å². The molecule has 0 aromatic carbocycles. The van der Waals surface area contributed by atoms with Gasteiger partial charge < -0.3 is 9.84 Å². The maximum atomic E-state index is 9.40. The Balaban J connectivity index is 3.00. The lowest BCUT2D eigenvalue weighted by atomic mass is 9.75. The average Bonchev–Trinajstić information content (AvgIpc) is 2.16. The third-order valence-electron chi connectivity index (χ3n) is 3.47. The van der Waals surface area contributed by atoms with E-state index >= 15 is 0 Å². The summed E-state index contributed by atoms with van der Waals surface area (Å²) in [6.07, 6.45) is 1.68. The van der Waals surface area contributed by atoms with Gasteiger partial charge >= 0.3 is 0 Å². The summed E-state index contributed by atoms with van der Waals surface area (Å²) in [4.78, 5) is 0. The maximum Gasteiger partial charge on any atom is 0.109 e. The molecule has 0 aliphatic carbocycles. The van der Waals surface area contributed by atoms with Crippen LogP contribution >= 0.6 is 0 Å². The van der Waals surface area contributed by atoms with Crippen molar-refractivity contribution in [2.24, 2.45) is 5.41 Å². The zero-order valence-electron chi connectivity index (χ0n) is 10.2. The van der Waals surface area contributed by atoms with Crippen molar-refractivity contribution in [1.82, 2.24) is 0 Å². The zero-order valence-corrected chi connectivity index (χ0v) is 10.2. The van der Waals surface area contributed by atoms with Crippen molar-refractivity contribution >= 4 is 7.85 Å². The molecule has 1 heterocycles. The van der Waals surface area contributed by atoms with Gasteiger partial charge in [0.25, 0.3) is 0 Å². The molecular formula is C12H21BO2. The lowest BCUT2D eigenvalue weighted by Gasteiger charge is -2.41. The van der Waals surface area contributed by atoms with Gasteiger partial charge in [-0.05, 0) is 30.8 Å². The van der Waals surface area contributed by atoms with Gasteiger partial charge in [-0.15, -0.1) is 0 Å². The van der Waals surface area contributed by atoms with Gasteiger partial charge in [0.1, 0.15) is 7.85 Å². The van der Waals surface area contributed by atoms with Gasteiger partial charge in [0.15, 0.2) is 0 Å². The molecule has 0 bridgehead atoms. The van der Waals surface area contributed by atoms with Crippen LogP contribution in [0.15, 0.2) is 11.1 Å². The van der Waals surface area contributed by atoms with E-state index in [9.17, 15) is 5.11 Å². The second kappa shape index (κ2) is 4.71. The smallest absolute Gasteiger partial charge is 0.109 e. The Morgan fingerprint density at radius 3 is 2.60 bits per heavy atom. The quantitative estimate of drug-likeness (QED) is 0.567. The topological polar surface area (TPSA) is 29.5 Å². The number of hydrogen-bond acceptors (Lipinski definition) is 2. The van der Waals surface area contributed by atoms with E-state index in [1.165, 1.54) is 5.57 Å². The SMILES string of the molecule is [B][C@H]1CC(C)=C(CO)C(C(C)(C)CC)O1. The fourth-order valence-corrected chi connectivity index (χ4v) is 2.02. The first-order chi connectivity index (χ1) is 6.92. The molecule has 0 aromatic rings. The fourth-order valence-electron chi connectivity index (χ4n) is 2.02. The molecule has 84 valence electrons. The number of hydrogen-bond donors (Lipinski definition) is 1. The van der Waals surface area contributed by atoms with E-state index in [-0.39, 0.29) is 24.1 Å². The Morgan fingerprint density at radius 1 is 1.53 bits per heavy atom. The van der Waals surface area contributed by atoms with Crippen molar-refractivity contribution in [3.63, 3.8) is 0 Å². The van der Waals surface area contributed by atoms with Gasteiger partial charge in [0.2, 0.25) is 0 Å². The van der Waals surface area contributed by atoms with E-state index in [2.05, 4.69) is 20.8 Å². The number of aliphatic hydroxyl groups is 1. The minimum atomic E-state index is -0.226. The largest absolute Gasteiger partial charge is 0.392 e. The van der Waals surface area contributed by atoms with Crippen molar-refractivity contribution in [3.8, 4) is 0 Å². The highest BCUT2D eigenvalue weighted by Gasteiger charge is 2.36. The summed E-state index contributed by atoms with van der Waals surface area (Å²) < 4.78 is 5.78. The highest BCUT2D eigenvalue weighted by atomic mass is 16.5. The van der Waals surface area contributed by atoms with Crippen molar-refractivity contribution < 1.29 is 9.84 Å². The third-order valence-corrected chi connectivity index (χ3v) is 3.47. The summed E-state index contributed by atoms with van der Waals surface area (Å²) in [6, 6.07) is -0.226. The molecule has 3 heteroatoms. The van der Waals surface area contributed by atoms with Gasteiger partial charge in [-0.3, -0.25) is 0 Å². The minimum absolute atomic E-state index is 0.0252. The summed E-state index contributed by atoms with van der Waals surface area (Å²) in [5, 5.41) is 9.40. The van der Waals surface area contributed by atoms with Crippen LogP contribution in [0.1, 0.15) is 40.5 Å². The van der Waals surface area contributed by atoms with Crippen LogP contribution in [0.25, 0.3) is 0 Å². The molecule has 0 aromatic heterocycles. The monoisotopic (exact) mass is 208 g/mol. The first-order valence-electron chi connectivity index (χ1n) is 5.62. The van der Waals surface area contributed by atoms with Crippen LogP contribution < -0.4 is 0 Å². The van der Waals surface area contributed by atoms with E-state index in [1.807, 2.05) is 6.92 Å². The van der Waals surface area contributed by atoms with E-state index in [0.29, 0.717) is 0 Å². The van der Waals surface area contributed by atoms with Crippen LogP contribution in [0.3, 0.4) is 0 Å². The molecule has 2 nitrogen and oxygen atoms in total. The first-order valence-corrected chi connectivity index (χ1v) is 5.62. The zero-order chi connectivity index (χ0) is 11.6. The maximum absolute atomic E-state index is 9.40. The Kier molecular flexibility index (Phi) is 4.02. The highest BCUT2D eigenvalue weighted by Crippen LogP contribution is 2.37. The van der Waals surface area contributed by atoms with Crippen LogP contribution in [-0.2, 0) is 4.74 Å². The van der Waals surface area contributed by atoms with Crippen molar-refractivity contribution in [2.75, 3.05) is 6.61 Å². The first kappa shape index (κ1) is 12.8. The van der Waals surface area contributed by atoms with E-state index in [4.69, 9.17) is 12.6 Å². The molecule has 1 unspecified atom stereocenters. The molecule has 0 amide bonds. The van der Waals surface area contributed by atoms with Gasteiger partial charge in [-0.25, -0.2) is 0 Å². The van der Waals surface area contributed by atoms with Gasteiger partial charge in [-0.1, -0.05) is 26.3 Å². The number of aliphatic hydroxyl groups excluding tert-OH is 1. The van der Waals surface area contributed by atoms with Crippen LogP contribution in [-0.4, -0.2) is 31.7 Å². The fraction of sp³-hybridized carbons (Fsp3) is 0.833. The van der Waals surface area contributed by atoms with Gasteiger partial charge in [-0.2, -0.15) is 0 Å². The molecular weight excluding hydrogens is 187 g/mol. The predicted octanol–water partition coefficient (Wildman–Crippen LogP) is 2.01. The summed E-state index contributed by atoms with van der Waals surface area (Å²) in [6.45, 7) is 8.55. The molecule has 15 heavy (non-hydrogen) atoms. The van der Waals surface area contributed by atoms with Crippen LogP contribution in [0, 0.1) is 5.41 Å².